The van der Waals surface area contributed by atoms with E-state index in [4.69, 9.17) is 4.74 Å². The summed E-state index contributed by atoms with van der Waals surface area (Å²) in [7, 11) is 1.66. The zero-order valence-electron chi connectivity index (χ0n) is 12.8. The van der Waals surface area contributed by atoms with Crippen molar-refractivity contribution in [2.24, 2.45) is 5.92 Å². The first-order chi connectivity index (χ1) is 10.6. The van der Waals surface area contributed by atoms with Gasteiger partial charge in [0.2, 0.25) is 5.91 Å². The highest BCUT2D eigenvalue weighted by Crippen LogP contribution is 2.17. The molecule has 1 saturated heterocycles. The fraction of sp³-hybridized carbons (Fsp3) is 0.562. The van der Waals surface area contributed by atoms with E-state index in [2.05, 4.69) is 10.2 Å². The van der Waals surface area contributed by atoms with E-state index < -0.39 is 6.10 Å². The van der Waals surface area contributed by atoms with Crippen LogP contribution in [0.1, 0.15) is 12.8 Å². The van der Waals surface area contributed by atoms with Crippen molar-refractivity contribution in [1.29, 1.82) is 0 Å². The number of rotatable bonds is 6. The molecule has 1 fully saturated rings. The van der Waals surface area contributed by atoms with E-state index in [-0.39, 0.29) is 24.2 Å². The summed E-state index contributed by atoms with van der Waals surface area (Å²) >= 11 is 0. The molecule has 5 nitrogen and oxygen atoms in total. The Morgan fingerprint density at radius 3 is 2.64 bits per heavy atom. The van der Waals surface area contributed by atoms with Crippen LogP contribution >= 0.6 is 0 Å². The molecule has 1 atom stereocenters. The van der Waals surface area contributed by atoms with Gasteiger partial charge in [-0.2, -0.15) is 0 Å². The van der Waals surface area contributed by atoms with Crippen LogP contribution in [-0.4, -0.2) is 55.3 Å². The first-order valence-corrected chi connectivity index (χ1v) is 7.59. The summed E-state index contributed by atoms with van der Waals surface area (Å²) in [6.45, 7) is 2.28. The summed E-state index contributed by atoms with van der Waals surface area (Å²) in [4.78, 5) is 13.7. The number of piperidine rings is 1. The van der Waals surface area contributed by atoms with Gasteiger partial charge < -0.3 is 20.1 Å². The molecule has 0 saturated carbocycles. The van der Waals surface area contributed by atoms with Crippen molar-refractivity contribution in [2.75, 3.05) is 33.3 Å². The van der Waals surface area contributed by atoms with Gasteiger partial charge in [0.05, 0.1) is 0 Å². The SMILES string of the molecule is CNC(=O)C1CCN(C[C@H](O)COc2ccc(F)cc2)CC1. The predicted molar refractivity (Wildman–Crippen MR) is 81.1 cm³/mol. The number of nitrogens with zero attached hydrogens (tertiary/aromatic N) is 1. The average molecular weight is 310 g/mol. The number of aliphatic hydroxyl groups is 1. The minimum absolute atomic E-state index is 0.0776. The van der Waals surface area contributed by atoms with Gasteiger partial charge in [0.15, 0.2) is 0 Å². The third-order valence-corrected chi connectivity index (χ3v) is 3.93. The number of carbonyl (C=O) groups excluding carboxylic acids is 1. The molecular weight excluding hydrogens is 287 g/mol. The number of β-amino-alcohol motifs (C(OH)–C–C–N with tert-alkyl or cyclic N) is 1. The van der Waals surface area contributed by atoms with Gasteiger partial charge in [0.1, 0.15) is 24.3 Å². The highest BCUT2D eigenvalue weighted by Gasteiger charge is 2.25. The maximum atomic E-state index is 12.8. The quantitative estimate of drug-likeness (QED) is 0.824. The molecule has 0 aromatic heterocycles. The maximum absolute atomic E-state index is 12.8. The van der Waals surface area contributed by atoms with Gasteiger partial charge in [-0.3, -0.25) is 4.79 Å². The molecule has 6 heteroatoms. The van der Waals surface area contributed by atoms with Crippen molar-refractivity contribution in [3.63, 3.8) is 0 Å². The van der Waals surface area contributed by atoms with E-state index in [0.717, 1.165) is 25.9 Å². The van der Waals surface area contributed by atoms with E-state index in [0.29, 0.717) is 12.3 Å². The Morgan fingerprint density at radius 1 is 1.41 bits per heavy atom. The van der Waals surface area contributed by atoms with Crippen molar-refractivity contribution in [1.82, 2.24) is 10.2 Å². The number of halogens is 1. The predicted octanol–water partition coefficient (Wildman–Crippen LogP) is 1.02. The molecule has 1 aliphatic rings. The Kier molecular flexibility index (Phi) is 6.15. The normalized spacial score (nSPS) is 18.0. The molecule has 0 spiro atoms. The second-order valence-electron chi connectivity index (χ2n) is 5.61. The molecular formula is C16H23FN2O3. The lowest BCUT2D eigenvalue weighted by Gasteiger charge is -2.32. The molecule has 1 aliphatic heterocycles. The lowest BCUT2D eigenvalue weighted by Crippen LogP contribution is -2.43. The number of hydrogen-bond donors (Lipinski definition) is 2. The van der Waals surface area contributed by atoms with Crippen LogP contribution in [0.3, 0.4) is 0 Å². The summed E-state index contributed by atoms with van der Waals surface area (Å²) in [6, 6.07) is 5.73. The van der Waals surface area contributed by atoms with Crippen molar-refractivity contribution in [3.05, 3.63) is 30.1 Å². The number of likely N-dealkylation sites (tertiary alicyclic amines) is 1. The van der Waals surface area contributed by atoms with Gasteiger partial charge in [0, 0.05) is 19.5 Å². The van der Waals surface area contributed by atoms with Crippen molar-refractivity contribution in [2.45, 2.75) is 18.9 Å². The van der Waals surface area contributed by atoms with Crippen LogP contribution in [0.25, 0.3) is 0 Å². The molecule has 1 aromatic rings. The molecule has 1 heterocycles. The molecule has 122 valence electrons. The molecule has 1 amide bonds. The molecule has 1 aromatic carbocycles. The molecule has 22 heavy (non-hydrogen) atoms. The van der Waals surface area contributed by atoms with E-state index in [9.17, 15) is 14.3 Å². The summed E-state index contributed by atoms with van der Waals surface area (Å²) < 4.78 is 18.2. The van der Waals surface area contributed by atoms with Crippen molar-refractivity contribution >= 4 is 5.91 Å². The van der Waals surface area contributed by atoms with Gasteiger partial charge >= 0.3 is 0 Å². The number of ether oxygens (including phenoxy) is 1. The molecule has 0 bridgehead atoms. The van der Waals surface area contributed by atoms with Crippen LogP contribution in [0.15, 0.2) is 24.3 Å². The second kappa shape index (κ2) is 8.10. The Balaban J connectivity index is 1.68. The van der Waals surface area contributed by atoms with Crippen LogP contribution < -0.4 is 10.1 Å². The number of carbonyl (C=O) groups is 1. The number of nitrogens with one attached hydrogen (secondary N) is 1. The first-order valence-electron chi connectivity index (χ1n) is 7.59. The maximum Gasteiger partial charge on any atom is 0.222 e. The number of hydrogen-bond acceptors (Lipinski definition) is 4. The zero-order chi connectivity index (χ0) is 15.9. The fourth-order valence-electron chi connectivity index (χ4n) is 2.66. The Labute approximate surface area is 130 Å². The monoisotopic (exact) mass is 310 g/mol. The average Bonchev–Trinajstić information content (AvgIpc) is 2.54. The number of aliphatic hydroxyl groups excluding tert-OH is 1. The molecule has 2 N–H and O–H groups in total. The van der Waals surface area contributed by atoms with E-state index in [1.165, 1.54) is 24.3 Å². The Hall–Kier alpha value is -1.66. The van der Waals surface area contributed by atoms with Crippen LogP contribution in [0.2, 0.25) is 0 Å². The standard InChI is InChI=1S/C16H23FN2O3/c1-18-16(21)12-6-8-19(9-7-12)10-14(20)11-22-15-4-2-13(17)3-5-15/h2-5,12,14,20H,6-11H2,1H3,(H,18,21)/t14-/m0/s1. The Bertz CT molecular complexity index is 473. The largest absolute Gasteiger partial charge is 0.491 e. The van der Waals surface area contributed by atoms with Crippen LogP contribution in [-0.2, 0) is 4.79 Å². The van der Waals surface area contributed by atoms with Crippen molar-refractivity contribution in [3.8, 4) is 5.75 Å². The Morgan fingerprint density at radius 2 is 2.05 bits per heavy atom. The minimum atomic E-state index is -0.610. The minimum Gasteiger partial charge on any atom is -0.491 e. The van der Waals surface area contributed by atoms with Gasteiger partial charge in [-0.05, 0) is 50.2 Å². The lowest BCUT2D eigenvalue weighted by atomic mass is 9.96. The number of benzene rings is 1. The van der Waals surface area contributed by atoms with Crippen LogP contribution in [0, 0.1) is 11.7 Å². The van der Waals surface area contributed by atoms with Gasteiger partial charge in [-0.25, -0.2) is 4.39 Å². The second-order valence-corrected chi connectivity index (χ2v) is 5.61. The topological polar surface area (TPSA) is 61.8 Å². The van der Waals surface area contributed by atoms with Crippen LogP contribution in [0.4, 0.5) is 4.39 Å². The zero-order valence-corrected chi connectivity index (χ0v) is 12.8. The molecule has 0 radical (unpaired) electrons. The highest BCUT2D eigenvalue weighted by molar-refractivity contribution is 5.78. The summed E-state index contributed by atoms with van der Waals surface area (Å²) in [6.07, 6.45) is 1.01. The smallest absolute Gasteiger partial charge is 0.222 e. The van der Waals surface area contributed by atoms with E-state index >= 15 is 0 Å². The summed E-state index contributed by atoms with van der Waals surface area (Å²) in [5.41, 5.74) is 0. The van der Waals surface area contributed by atoms with E-state index in [1.807, 2.05) is 0 Å². The molecule has 2 rings (SSSR count). The first kappa shape index (κ1) is 16.7. The third-order valence-electron chi connectivity index (χ3n) is 3.93. The third kappa shape index (κ3) is 4.96. The van der Waals surface area contributed by atoms with Crippen LogP contribution in [0.5, 0.6) is 5.75 Å². The van der Waals surface area contributed by atoms with E-state index in [1.54, 1.807) is 7.05 Å². The summed E-state index contributed by atoms with van der Waals surface area (Å²) in [5.74, 6) is 0.402. The molecule has 0 aliphatic carbocycles. The highest BCUT2D eigenvalue weighted by atomic mass is 19.1. The number of amides is 1. The summed E-state index contributed by atoms with van der Waals surface area (Å²) in [5, 5.41) is 12.7. The van der Waals surface area contributed by atoms with Gasteiger partial charge in [-0.1, -0.05) is 0 Å². The lowest BCUT2D eigenvalue weighted by molar-refractivity contribution is -0.126. The van der Waals surface area contributed by atoms with Gasteiger partial charge in [0.25, 0.3) is 0 Å². The fourth-order valence-corrected chi connectivity index (χ4v) is 2.66. The van der Waals surface area contributed by atoms with Gasteiger partial charge in [-0.15, -0.1) is 0 Å². The van der Waals surface area contributed by atoms with Crippen molar-refractivity contribution < 1.29 is 19.0 Å². The molecule has 0 unspecified atom stereocenters.